The molecule has 3 N–H and O–H groups in total. The Bertz CT molecular complexity index is 659. The molecule has 0 fully saturated rings. The summed E-state index contributed by atoms with van der Waals surface area (Å²) in [6, 6.07) is 7.82. The number of amides is 1. The first-order valence-corrected chi connectivity index (χ1v) is 5.98. The average Bonchev–Trinajstić information content (AvgIpc) is 2.43. The molecule has 1 amide bonds. The third kappa shape index (κ3) is 3.38. The molecule has 2 aromatic rings. The van der Waals surface area contributed by atoms with Gasteiger partial charge in [0.05, 0.1) is 18.5 Å². The van der Waals surface area contributed by atoms with Gasteiger partial charge in [-0.15, -0.1) is 0 Å². The Hall–Kier alpha value is -2.76. The zero-order valence-electron chi connectivity index (χ0n) is 11.0. The second-order valence-electron chi connectivity index (χ2n) is 4.21. The molecule has 0 saturated carbocycles. The molecular weight excluding hydrogens is 258 g/mol. The maximum Gasteiger partial charge on any atom is 0.244 e. The van der Waals surface area contributed by atoms with Gasteiger partial charge in [0.2, 0.25) is 5.91 Å². The second kappa shape index (κ2) is 5.92. The third-order valence-electron chi connectivity index (χ3n) is 2.72. The van der Waals surface area contributed by atoms with Crippen molar-refractivity contribution < 1.29 is 9.53 Å². The molecule has 1 aromatic heterocycles. The molecule has 104 valence electrons. The normalized spacial score (nSPS) is 10.1. The summed E-state index contributed by atoms with van der Waals surface area (Å²) in [6.45, 7) is 0.103. The third-order valence-corrected chi connectivity index (χ3v) is 2.72. The molecular formula is C14H15N3O3. The lowest BCUT2D eigenvalue weighted by Crippen LogP contribution is -2.20. The van der Waals surface area contributed by atoms with E-state index in [1.807, 2.05) is 0 Å². The summed E-state index contributed by atoms with van der Waals surface area (Å²) in [4.78, 5) is 22.8. The summed E-state index contributed by atoms with van der Waals surface area (Å²) >= 11 is 0. The summed E-state index contributed by atoms with van der Waals surface area (Å²) in [6.07, 6.45) is 3.11. The van der Waals surface area contributed by atoms with E-state index < -0.39 is 0 Å². The van der Waals surface area contributed by atoms with Crippen molar-refractivity contribution in [3.8, 4) is 5.75 Å². The largest absolute Gasteiger partial charge is 0.497 e. The lowest BCUT2D eigenvalue weighted by atomic mass is 10.2. The van der Waals surface area contributed by atoms with Crippen molar-refractivity contribution >= 4 is 17.3 Å². The number of rotatable bonds is 4. The number of nitrogens with one attached hydrogen (secondary N) is 1. The number of carbonyl (C=O) groups excluding carboxylic acids is 1. The molecule has 6 nitrogen and oxygen atoms in total. The molecule has 0 aliphatic rings. The Balaban J connectivity index is 2.04. The first kappa shape index (κ1) is 13.7. The van der Waals surface area contributed by atoms with Gasteiger partial charge in [-0.05, 0) is 12.1 Å². The number of carbonyl (C=O) groups is 1. The minimum absolute atomic E-state index is 0.0962. The minimum Gasteiger partial charge on any atom is -0.497 e. The predicted octanol–water partition coefficient (Wildman–Crippen LogP) is 1.08. The summed E-state index contributed by atoms with van der Waals surface area (Å²) in [5.74, 6) is 0.395. The second-order valence-corrected chi connectivity index (χ2v) is 4.21. The SMILES string of the molecule is COc1ccc(NC(=O)Cn2ccc(=O)cc2)c(N)c1. The Kier molecular flexibility index (Phi) is 4.05. The van der Waals surface area contributed by atoms with Crippen LogP contribution in [0.15, 0.2) is 47.5 Å². The Morgan fingerprint density at radius 1 is 1.30 bits per heavy atom. The van der Waals surface area contributed by atoms with E-state index in [1.54, 1.807) is 42.3 Å². The topological polar surface area (TPSA) is 86.3 Å². The van der Waals surface area contributed by atoms with Crippen LogP contribution in [0, 0.1) is 0 Å². The van der Waals surface area contributed by atoms with Gasteiger partial charge in [-0.2, -0.15) is 0 Å². The lowest BCUT2D eigenvalue weighted by Gasteiger charge is -2.10. The highest BCUT2D eigenvalue weighted by Gasteiger charge is 2.06. The van der Waals surface area contributed by atoms with Gasteiger partial charge in [-0.25, -0.2) is 0 Å². The van der Waals surface area contributed by atoms with E-state index in [4.69, 9.17) is 10.5 Å². The van der Waals surface area contributed by atoms with Gasteiger partial charge in [-0.1, -0.05) is 0 Å². The van der Waals surface area contributed by atoms with E-state index >= 15 is 0 Å². The molecule has 0 aliphatic heterocycles. The molecule has 0 atom stereocenters. The van der Waals surface area contributed by atoms with Gasteiger partial charge in [-0.3, -0.25) is 9.59 Å². The Labute approximate surface area is 115 Å². The minimum atomic E-state index is -0.231. The molecule has 0 radical (unpaired) electrons. The number of nitrogens with zero attached hydrogens (tertiary/aromatic N) is 1. The fourth-order valence-electron chi connectivity index (χ4n) is 1.69. The number of anilines is 2. The fourth-order valence-corrected chi connectivity index (χ4v) is 1.69. The quantitative estimate of drug-likeness (QED) is 0.816. The van der Waals surface area contributed by atoms with Crippen LogP contribution in [0.5, 0.6) is 5.75 Å². The zero-order valence-corrected chi connectivity index (χ0v) is 11.0. The molecule has 1 heterocycles. The van der Waals surface area contributed by atoms with E-state index in [2.05, 4.69) is 5.32 Å². The van der Waals surface area contributed by atoms with Gasteiger partial charge in [0, 0.05) is 30.6 Å². The number of benzene rings is 1. The molecule has 0 spiro atoms. The van der Waals surface area contributed by atoms with Crippen molar-refractivity contribution in [2.75, 3.05) is 18.2 Å². The van der Waals surface area contributed by atoms with E-state index in [0.29, 0.717) is 17.1 Å². The first-order valence-electron chi connectivity index (χ1n) is 5.98. The molecule has 2 rings (SSSR count). The maximum absolute atomic E-state index is 11.9. The number of pyridine rings is 1. The van der Waals surface area contributed by atoms with Gasteiger partial charge in [0.25, 0.3) is 0 Å². The fraction of sp³-hybridized carbons (Fsp3) is 0.143. The van der Waals surface area contributed by atoms with Crippen LogP contribution in [0.3, 0.4) is 0 Å². The number of nitrogens with two attached hydrogens (primary N) is 1. The molecule has 6 heteroatoms. The number of methoxy groups -OCH3 is 1. The van der Waals surface area contributed by atoms with Crippen LogP contribution in [0.25, 0.3) is 0 Å². The molecule has 0 unspecified atom stereocenters. The molecule has 20 heavy (non-hydrogen) atoms. The molecule has 1 aromatic carbocycles. The van der Waals surface area contributed by atoms with Crippen LogP contribution in [-0.2, 0) is 11.3 Å². The Morgan fingerprint density at radius 3 is 2.60 bits per heavy atom. The van der Waals surface area contributed by atoms with E-state index in [1.165, 1.54) is 12.1 Å². The zero-order chi connectivity index (χ0) is 14.5. The molecule has 0 bridgehead atoms. The van der Waals surface area contributed by atoms with Crippen molar-refractivity contribution in [3.63, 3.8) is 0 Å². The number of aromatic nitrogens is 1. The lowest BCUT2D eigenvalue weighted by molar-refractivity contribution is -0.116. The highest BCUT2D eigenvalue weighted by atomic mass is 16.5. The number of ether oxygens (including phenoxy) is 1. The van der Waals surface area contributed by atoms with Crippen LogP contribution < -0.4 is 21.2 Å². The van der Waals surface area contributed by atoms with Crippen molar-refractivity contribution in [2.45, 2.75) is 6.54 Å². The van der Waals surface area contributed by atoms with Crippen molar-refractivity contribution in [1.29, 1.82) is 0 Å². The van der Waals surface area contributed by atoms with E-state index in [9.17, 15) is 9.59 Å². The number of hydrogen-bond acceptors (Lipinski definition) is 4. The van der Waals surface area contributed by atoms with E-state index in [0.717, 1.165) is 0 Å². The Morgan fingerprint density at radius 2 is 2.00 bits per heavy atom. The summed E-state index contributed by atoms with van der Waals surface area (Å²) in [5, 5.41) is 2.71. The summed E-state index contributed by atoms with van der Waals surface area (Å²) in [5.41, 5.74) is 6.67. The predicted molar refractivity (Wildman–Crippen MR) is 76.7 cm³/mol. The first-order chi connectivity index (χ1) is 9.58. The van der Waals surface area contributed by atoms with Crippen molar-refractivity contribution in [2.24, 2.45) is 0 Å². The van der Waals surface area contributed by atoms with Crippen LogP contribution in [-0.4, -0.2) is 17.6 Å². The van der Waals surface area contributed by atoms with E-state index in [-0.39, 0.29) is 17.9 Å². The number of hydrogen-bond donors (Lipinski definition) is 2. The van der Waals surface area contributed by atoms with Gasteiger partial charge < -0.3 is 20.4 Å². The van der Waals surface area contributed by atoms with Crippen LogP contribution in [0.4, 0.5) is 11.4 Å². The average molecular weight is 273 g/mol. The monoisotopic (exact) mass is 273 g/mol. The summed E-state index contributed by atoms with van der Waals surface area (Å²) < 4.78 is 6.64. The molecule has 0 aliphatic carbocycles. The van der Waals surface area contributed by atoms with Gasteiger partial charge >= 0.3 is 0 Å². The molecule has 0 saturated heterocycles. The highest BCUT2D eigenvalue weighted by Crippen LogP contribution is 2.23. The van der Waals surface area contributed by atoms with Crippen molar-refractivity contribution in [3.05, 3.63) is 52.9 Å². The summed E-state index contributed by atoms with van der Waals surface area (Å²) in [7, 11) is 1.54. The standard InChI is InChI=1S/C14H15N3O3/c1-20-11-2-3-13(12(15)8-11)16-14(19)9-17-6-4-10(18)5-7-17/h2-8H,9,15H2,1H3,(H,16,19). The smallest absolute Gasteiger partial charge is 0.244 e. The maximum atomic E-state index is 11.9. The van der Waals surface area contributed by atoms with Gasteiger partial charge in [0.15, 0.2) is 5.43 Å². The van der Waals surface area contributed by atoms with Crippen LogP contribution in [0.1, 0.15) is 0 Å². The number of nitrogen functional groups attached to an aromatic ring is 1. The van der Waals surface area contributed by atoms with Gasteiger partial charge in [0.1, 0.15) is 12.3 Å². The van der Waals surface area contributed by atoms with Crippen LogP contribution >= 0.6 is 0 Å². The van der Waals surface area contributed by atoms with Crippen molar-refractivity contribution in [1.82, 2.24) is 4.57 Å². The van der Waals surface area contributed by atoms with Crippen LogP contribution in [0.2, 0.25) is 0 Å². The highest BCUT2D eigenvalue weighted by molar-refractivity contribution is 5.93.